The van der Waals surface area contributed by atoms with E-state index < -0.39 is 23.7 Å². The van der Waals surface area contributed by atoms with Crippen LogP contribution in [0.2, 0.25) is 12.1 Å². The SMILES string of the molecule is CCO[Si](CCCCC(=O)OCCOCC(COCCO)OCCOC(=O)CCCC[Si](OCC)(OCC)OCC)(OCC)OCC. The highest BCUT2D eigenvalue weighted by Gasteiger charge is 2.40. The molecule has 0 bridgehead atoms. The molecule has 0 aliphatic rings. The largest absolute Gasteiger partial charge is 0.500 e. The summed E-state index contributed by atoms with van der Waals surface area (Å²) in [5, 5.41) is 9.02. The number of hydrogen-bond acceptors (Lipinski definition) is 14. The number of aliphatic hydroxyl groups is 1. The first-order valence-corrected chi connectivity index (χ1v) is 21.2. The lowest BCUT2D eigenvalue weighted by Gasteiger charge is -2.28. The second kappa shape index (κ2) is 31.0. The third-order valence-corrected chi connectivity index (χ3v) is 12.7. The minimum absolute atomic E-state index is 0.0891. The van der Waals surface area contributed by atoms with Crippen molar-refractivity contribution in [2.24, 2.45) is 0 Å². The van der Waals surface area contributed by atoms with Gasteiger partial charge in [-0.3, -0.25) is 9.59 Å². The van der Waals surface area contributed by atoms with E-state index in [1.54, 1.807) is 0 Å². The third kappa shape index (κ3) is 23.9. The normalized spacial score (nSPS) is 12.7. The van der Waals surface area contributed by atoms with Crippen LogP contribution < -0.4 is 0 Å². The summed E-state index contributed by atoms with van der Waals surface area (Å²) in [6, 6.07) is 1.30. The lowest BCUT2D eigenvalue weighted by molar-refractivity contribution is -0.149. The Morgan fingerprint density at radius 3 is 1.30 bits per heavy atom. The molecule has 0 heterocycles. The van der Waals surface area contributed by atoms with Crippen molar-refractivity contribution < 1.29 is 64.9 Å². The molecule has 1 atom stereocenters. The average Bonchev–Trinajstić information content (AvgIpc) is 3.04. The number of ether oxygens (including phenoxy) is 5. The second-order valence-electron chi connectivity index (χ2n) is 10.2. The molecule has 0 radical (unpaired) electrons. The van der Waals surface area contributed by atoms with Crippen LogP contribution in [0.3, 0.4) is 0 Å². The van der Waals surface area contributed by atoms with Gasteiger partial charge in [-0.2, -0.15) is 0 Å². The van der Waals surface area contributed by atoms with Crippen molar-refractivity contribution in [3.8, 4) is 0 Å². The minimum atomic E-state index is -2.71. The van der Waals surface area contributed by atoms with E-state index in [9.17, 15) is 9.59 Å². The molecule has 0 rings (SSSR count). The van der Waals surface area contributed by atoms with Gasteiger partial charge >= 0.3 is 29.5 Å². The molecule has 1 unspecified atom stereocenters. The minimum Gasteiger partial charge on any atom is -0.463 e. The monoisotopic (exact) mass is 716 g/mol. The summed E-state index contributed by atoms with van der Waals surface area (Å²) in [6.07, 6.45) is 2.85. The first-order valence-electron chi connectivity index (χ1n) is 17.3. The number of unbranched alkanes of at least 4 members (excludes halogenated alkanes) is 2. The summed E-state index contributed by atoms with van der Waals surface area (Å²) in [5.41, 5.74) is 0. The fourth-order valence-corrected chi connectivity index (χ4v) is 9.96. The quantitative estimate of drug-likeness (QED) is 0.0572. The Hall–Kier alpha value is -1.03. The van der Waals surface area contributed by atoms with Crippen LogP contribution in [0.4, 0.5) is 0 Å². The molecule has 0 aromatic rings. The van der Waals surface area contributed by atoms with E-state index in [0.29, 0.717) is 64.6 Å². The molecule has 0 amide bonds. The molecule has 0 aliphatic heterocycles. The fourth-order valence-electron chi connectivity index (χ4n) is 4.59. The molecule has 14 nitrogen and oxygen atoms in total. The molecule has 1 N–H and O–H groups in total. The maximum Gasteiger partial charge on any atom is 0.500 e. The van der Waals surface area contributed by atoms with Gasteiger partial charge in [0.1, 0.15) is 19.3 Å². The van der Waals surface area contributed by atoms with Crippen molar-refractivity contribution in [3.05, 3.63) is 0 Å². The standard InChI is InChI=1S/C31H64O14Si2/c1-7-40-46(41-8-2,42-9-3)25-15-13-17-30(33)38-22-21-36-28-29(27-35-20-19-32)37-23-24-39-31(34)18-14-16-26-47(43-10-4,44-11-5)45-12-6/h29,32H,7-28H2,1-6H3. The second-order valence-corrected chi connectivity index (χ2v) is 15.6. The molecule has 47 heavy (non-hydrogen) atoms. The van der Waals surface area contributed by atoms with Crippen LogP contribution in [-0.4, -0.2) is 133 Å². The van der Waals surface area contributed by atoms with Gasteiger partial charge in [0.15, 0.2) is 0 Å². The Bertz CT molecular complexity index is 715. The fraction of sp³-hybridized carbons (Fsp3) is 0.935. The van der Waals surface area contributed by atoms with E-state index in [0.717, 1.165) is 12.8 Å². The molecular weight excluding hydrogens is 652 g/mol. The Morgan fingerprint density at radius 1 is 0.532 bits per heavy atom. The van der Waals surface area contributed by atoms with Crippen molar-refractivity contribution in [2.75, 3.05) is 92.5 Å². The van der Waals surface area contributed by atoms with Gasteiger partial charge in [0, 0.05) is 64.6 Å². The van der Waals surface area contributed by atoms with Crippen LogP contribution in [0, 0.1) is 0 Å². The molecule has 0 saturated carbocycles. The molecule has 0 aromatic carbocycles. The highest BCUT2D eigenvalue weighted by atomic mass is 28.4. The highest BCUT2D eigenvalue weighted by Crippen LogP contribution is 2.21. The van der Waals surface area contributed by atoms with Crippen LogP contribution in [0.15, 0.2) is 0 Å². The zero-order valence-corrected chi connectivity index (χ0v) is 31.9. The first-order chi connectivity index (χ1) is 22.8. The maximum absolute atomic E-state index is 12.2. The van der Waals surface area contributed by atoms with Gasteiger partial charge in [0.25, 0.3) is 0 Å². The van der Waals surface area contributed by atoms with E-state index in [2.05, 4.69) is 0 Å². The summed E-state index contributed by atoms with van der Waals surface area (Å²) in [5.74, 6) is -0.610. The van der Waals surface area contributed by atoms with Gasteiger partial charge in [-0.1, -0.05) is 0 Å². The van der Waals surface area contributed by atoms with Crippen molar-refractivity contribution in [3.63, 3.8) is 0 Å². The zero-order valence-electron chi connectivity index (χ0n) is 29.9. The number of esters is 2. The Labute approximate surface area is 285 Å². The topological polar surface area (TPSA) is 156 Å². The predicted molar refractivity (Wildman–Crippen MR) is 179 cm³/mol. The van der Waals surface area contributed by atoms with Crippen LogP contribution in [0.5, 0.6) is 0 Å². The van der Waals surface area contributed by atoms with Crippen molar-refractivity contribution in [2.45, 2.75) is 98.3 Å². The van der Waals surface area contributed by atoms with Crippen LogP contribution in [0.1, 0.15) is 80.1 Å². The third-order valence-electron chi connectivity index (χ3n) is 6.45. The van der Waals surface area contributed by atoms with Gasteiger partial charge < -0.3 is 55.3 Å². The van der Waals surface area contributed by atoms with Gasteiger partial charge in [0.05, 0.1) is 39.6 Å². The molecular formula is C31H64O14Si2. The Kier molecular flexibility index (Phi) is 30.3. The van der Waals surface area contributed by atoms with Crippen LogP contribution >= 0.6 is 0 Å². The van der Waals surface area contributed by atoms with Gasteiger partial charge in [-0.15, -0.1) is 0 Å². The van der Waals surface area contributed by atoms with Crippen LogP contribution in [-0.2, 0) is 59.8 Å². The van der Waals surface area contributed by atoms with Crippen LogP contribution in [0.25, 0.3) is 0 Å². The summed E-state index contributed by atoms with van der Waals surface area (Å²) in [6.45, 7) is 15.6. The summed E-state index contributed by atoms with van der Waals surface area (Å²) < 4.78 is 62.5. The van der Waals surface area contributed by atoms with E-state index in [4.69, 9.17) is 55.3 Å². The molecule has 0 saturated heterocycles. The molecule has 0 spiro atoms. The maximum atomic E-state index is 12.2. The summed E-state index contributed by atoms with van der Waals surface area (Å²) in [4.78, 5) is 24.4. The van der Waals surface area contributed by atoms with Gasteiger partial charge in [0.2, 0.25) is 0 Å². The number of carbonyl (C=O) groups is 2. The van der Waals surface area contributed by atoms with E-state index in [-0.39, 0.29) is 77.6 Å². The van der Waals surface area contributed by atoms with Crippen molar-refractivity contribution >= 4 is 29.5 Å². The van der Waals surface area contributed by atoms with E-state index in [1.807, 2.05) is 41.5 Å². The van der Waals surface area contributed by atoms with E-state index in [1.165, 1.54) is 0 Å². The lowest BCUT2D eigenvalue weighted by Crippen LogP contribution is -2.45. The molecule has 0 fully saturated rings. The molecule has 280 valence electrons. The number of carbonyl (C=O) groups excluding carboxylic acids is 2. The average molecular weight is 717 g/mol. The Morgan fingerprint density at radius 2 is 0.915 bits per heavy atom. The number of aliphatic hydroxyl groups excluding tert-OH is 1. The van der Waals surface area contributed by atoms with Gasteiger partial charge in [-0.25, -0.2) is 0 Å². The Balaban J connectivity index is 4.30. The smallest absolute Gasteiger partial charge is 0.463 e. The van der Waals surface area contributed by atoms with Crippen molar-refractivity contribution in [1.29, 1.82) is 0 Å². The zero-order chi connectivity index (χ0) is 35.1. The van der Waals surface area contributed by atoms with Crippen molar-refractivity contribution in [1.82, 2.24) is 0 Å². The first kappa shape index (κ1) is 46.0. The molecule has 16 heteroatoms. The summed E-state index contributed by atoms with van der Waals surface area (Å²) in [7, 11) is -5.42. The van der Waals surface area contributed by atoms with E-state index >= 15 is 0 Å². The number of rotatable bonds is 35. The number of hydrogen-bond donors (Lipinski definition) is 1. The summed E-state index contributed by atoms with van der Waals surface area (Å²) >= 11 is 0. The predicted octanol–water partition coefficient (Wildman–Crippen LogP) is 3.92. The lowest BCUT2D eigenvalue weighted by atomic mass is 10.2. The molecule has 0 aromatic heterocycles. The highest BCUT2D eigenvalue weighted by molar-refractivity contribution is 6.61. The molecule has 0 aliphatic carbocycles. The van der Waals surface area contributed by atoms with Gasteiger partial charge in [-0.05, 0) is 67.2 Å².